The third kappa shape index (κ3) is 1.62. The lowest BCUT2D eigenvalue weighted by molar-refractivity contribution is 0.403. The van der Waals surface area contributed by atoms with Crippen molar-refractivity contribution in [3.63, 3.8) is 0 Å². The van der Waals surface area contributed by atoms with Gasteiger partial charge < -0.3 is 10.5 Å². The van der Waals surface area contributed by atoms with Crippen LogP contribution in [0.3, 0.4) is 0 Å². The van der Waals surface area contributed by atoms with Gasteiger partial charge in [-0.1, -0.05) is 6.07 Å². The summed E-state index contributed by atoms with van der Waals surface area (Å²) in [5.74, 6) is 0.928. The van der Waals surface area contributed by atoms with Gasteiger partial charge >= 0.3 is 0 Å². The zero-order valence-corrected chi connectivity index (χ0v) is 9.36. The van der Waals surface area contributed by atoms with Gasteiger partial charge in [-0.25, -0.2) is 0 Å². The standard InChI is InChI=1S/C11H15NOS/c1-13-10-7-8(14-2)3-4-9(10)11(12)5-6-11/h3-4,7H,5-6,12H2,1-2H3. The van der Waals surface area contributed by atoms with E-state index in [0.717, 1.165) is 24.2 Å². The van der Waals surface area contributed by atoms with Gasteiger partial charge in [-0.15, -0.1) is 11.8 Å². The lowest BCUT2D eigenvalue weighted by Crippen LogP contribution is -2.19. The highest BCUT2D eigenvalue weighted by atomic mass is 32.2. The highest BCUT2D eigenvalue weighted by Gasteiger charge is 2.42. The molecule has 14 heavy (non-hydrogen) atoms. The summed E-state index contributed by atoms with van der Waals surface area (Å²) < 4.78 is 5.36. The first-order valence-corrected chi connectivity index (χ1v) is 5.93. The predicted molar refractivity (Wildman–Crippen MR) is 59.9 cm³/mol. The normalized spacial score (nSPS) is 17.9. The summed E-state index contributed by atoms with van der Waals surface area (Å²) in [6.45, 7) is 0. The third-order valence-corrected chi connectivity index (χ3v) is 3.46. The molecule has 3 heteroatoms. The van der Waals surface area contributed by atoms with Gasteiger partial charge in [0.15, 0.2) is 0 Å². The van der Waals surface area contributed by atoms with E-state index in [-0.39, 0.29) is 5.54 Å². The zero-order valence-electron chi connectivity index (χ0n) is 8.54. The molecule has 76 valence electrons. The molecule has 0 atom stereocenters. The second kappa shape index (κ2) is 3.48. The van der Waals surface area contributed by atoms with Crippen LogP contribution in [0.2, 0.25) is 0 Å². The van der Waals surface area contributed by atoms with Gasteiger partial charge in [0, 0.05) is 16.0 Å². The van der Waals surface area contributed by atoms with Gasteiger partial charge in [-0.2, -0.15) is 0 Å². The number of benzene rings is 1. The first-order valence-electron chi connectivity index (χ1n) is 4.71. The van der Waals surface area contributed by atoms with Crippen molar-refractivity contribution in [2.45, 2.75) is 23.3 Å². The van der Waals surface area contributed by atoms with Crippen molar-refractivity contribution in [2.24, 2.45) is 5.73 Å². The summed E-state index contributed by atoms with van der Waals surface area (Å²) in [7, 11) is 1.70. The summed E-state index contributed by atoms with van der Waals surface area (Å²) in [6, 6.07) is 6.26. The molecule has 0 amide bonds. The SMILES string of the molecule is COc1cc(SC)ccc1C1(N)CC1. The second-order valence-corrected chi connectivity index (χ2v) is 4.60. The van der Waals surface area contributed by atoms with Crippen LogP contribution in [-0.4, -0.2) is 13.4 Å². The molecule has 0 heterocycles. The predicted octanol–water partition coefficient (Wildman–Crippen LogP) is 2.36. The van der Waals surface area contributed by atoms with Crippen molar-refractivity contribution in [3.8, 4) is 5.75 Å². The Morgan fingerprint density at radius 2 is 2.14 bits per heavy atom. The zero-order chi connectivity index (χ0) is 10.2. The van der Waals surface area contributed by atoms with Crippen molar-refractivity contribution in [2.75, 3.05) is 13.4 Å². The summed E-state index contributed by atoms with van der Waals surface area (Å²) in [4.78, 5) is 1.22. The maximum Gasteiger partial charge on any atom is 0.125 e. The van der Waals surface area contributed by atoms with Gasteiger partial charge in [0.1, 0.15) is 5.75 Å². The number of rotatable bonds is 3. The minimum Gasteiger partial charge on any atom is -0.496 e. The molecule has 1 aromatic rings. The maximum atomic E-state index is 6.15. The van der Waals surface area contributed by atoms with Crippen LogP contribution < -0.4 is 10.5 Å². The average Bonchev–Trinajstić information content (AvgIpc) is 2.96. The topological polar surface area (TPSA) is 35.2 Å². The fourth-order valence-electron chi connectivity index (χ4n) is 1.61. The maximum absolute atomic E-state index is 6.15. The van der Waals surface area contributed by atoms with Crippen molar-refractivity contribution in [1.29, 1.82) is 0 Å². The van der Waals surface area contributed by atoms with E-state index in [1.54, 1.807) is 18.9 Å². The minimum atomic E-state index is -0.109. The Kier molecular flexibility index (Phi) is 2.45. The molecule has 2 nitrogen and oxygen atoms in total. The minimum absolute atomic E-state index is 0.109. The van der Waals surface area contributed by atoms with Crippen molar-refractivity contribution in [1.82, 2.24) is 0 Å². The van der Waals surface area contributed by atoms with E-state index in [4.69, 9.17) is 10.5 Å². The highest BCUT2D eigenvalue weighted by molar-refractivity contribution is 7.98. The van der Waals surface area contributed by atoms with Crippen molar-refractivity contribution < 1.29 is 4.74 Å². The van der Waals surface area contributed by atoms with Crippen LogP contribution in [0.4, 0.5) is 0 Å². The third-order valence-electron chi connectivity index (χ3n) is 2.73. The lowest BCUT2D eigenvalue weighted by atomic mass is 10.0. The second-order valence-electron chi connectivity index (χ2n) is 3.72. The van der Waals surface area contributed by atoms with E-state index < -0.39 is 0 Å². The van der Waals surface area contributed by atoms with E-state index in [1.807, 2.05) is 0 Å². The number of nitrogens with two attached hydrogens (primary N) is 1. The Labute approximate surface area is 88.8 Å². The van der Waals surface area contributed by atoms with Crippen LogP contribution in [0.15, 0.2) is 23.1 Å². The summed E-state index contributed by atoms with van der Waals surface area (Å²) in [5, 5.41) is 0. The Morgan fingerprint density at radius 3 is 2.64 bits per heavy atom. The molecule has 1 aromatic carbocycles. The summed E-state index contributed by atoms with van der Waals surface area (Å²) in [5.41, 5.74) is 7.19. The van der Waals surface area contributed by atoms with Crippen LogP contribution in [-0.2, 0) is 5.54 Å². The molecule has 1 aliphatic rings. The fraction of sp³-hybridized carbons (Fsp3) is 0.455. The van der Waals surface area contributed by atoms with Crippen molar-refractivity contribution in [3.05, 3.63) is 23.8 Å². The van der Waals surface area contributed by atoms with Crippen molar-refractivity contribution >= 4 is 11.8 Å². The van der Waals surface area contributed by atoms with E-state index >= 15 is 0 Å². The van der Waals surface area contributed by atoms with Crippen LogP contribution in [0.5, 0.6) is 5.75 Å². The van der Waals surface area contributed by atoms with E-state index in [9.17, 15) is 0 Å². The van der Waals surface area contributed by atoms with Gasteiger partial charge in [0.05, 0.1) is 7.11 Å². The molecule has 0 unspecified atom stereocenters. The summed E-state index contributed by atoms with van der Waals surface area (Å²) in [6.07, 6.45) is 4.20. The number of ether oxygens (including phenoxy) is 1. The summed E-state index contributed by atoms with van der Waals surface area (Å²) >= 11 is 1.72. The first kappa shape index (κ1) is 9.87. The van der Waals surface area contributed by atoms with Gasteiger partial charge in [0.2, 0.25) is 0 Å². The molecule has 0 radical (unpaired) electrons. The number of thioether (sulfide) groups is 1. The van der Waals surface area contributed by atoms with Crippen LogP contribution in [0.25, 0.3) is 0 Å². The van der Waals surface area contributed by atoms with Crippen LogP contribution in [0.1, 0.15) is 18.4 Å². The van der Waals surface area contributed by atoms with Gasteiger partial charge in [0.25, 0.3) is 0 Å². The Hall–Kier alpha value is -0.670. The van der Waals surface area contributed by atoms with E-state index in [2.05, 4.69) is 24.5 Å². The first-order chi connectivity index (χ1) is 6.69. The van der Waals surface area contributed by atoms with E-state index in [0.29, 0.717) is 0 Å². The molecule has 0 aliphatic heterocycles. The van der Waals surface area contributed by atoms with Gasteiger partial charge in [-0.05, 0) is 31.2 Å². The number of methoxy groups -OCH3 is 1. The number of hydrogen-bond acceptors (Lipinski definition) is 3. The lowest BCUT2D eigenvalue weighted by Gasteiger charge is -2.14. The fourth-order valence-corrected chi connectivity index (χ4v) is 2.04. The Bertz CT molecular complexity index is 347. The average molecular weight is 209 g/mol. The highest BCUT2D eigenvalue weighted by Crippen LogP contribution is 2.47. The molecule has 0 spiro atoms. The molecule has 1 saturated carbocycles. The Morgan fingerprint density at radius 1 is 1.43 bits per heavy atom. The molecule has 0 bridgehead atoms. The monoisotopic (exact) mass is 209 g/mol. The molecule has 1 fully saturated rings. The largest absolute Gasteiger partial charge is 0.496 e. The molecular weight excluding hydrogens is 194 g/mol. The molecular formula is C11H15NOS. The molecule has 2 rings (SSSR count). The van der Waals surface area contributed by atoms with Crippen LogP contribution in [0, 0.1) is 0 Å². The molecule has 1 aliphatic carbocycles. The van der Waals surface area contributed by atoms with Gasteiger partial charge in [-0.3, -0.25) is 0 Å². The smallest absolute Gasteiger partial charge is 0.125 e. The quantitative estimate of drug-likeness (QED) is 0.776. The van der Waals surface area contributed by atoms with Crippen LogP contribution >= 0.6 is 11.8 Å². The molecule has 0 saturated heterocycles. The Balaban J connectivity index is 2.40. The van der Waals surface area contributed by atoms with E-state index in [1.165, 1.54) is 4.90 Å². The number of hydrogen-bond donors (Lipinski definition) is 1. The molecule has 0 aromatic heterocycles. The molecule has 2 N–H and O–H groups in total.